The minimum absolute atomic E-state index is 0.0190. The lowest BCUT2D eigenvalue weighted by Gasteiger charge is -2.37. The van der Waals surface area contributed by atoms with E-state index in [9.17, 15) is 19.5 Å². The first-order chi connectivity index (χ1) is 14.0. The first kappa shape index (κ1) is 20.4. The smallest absolute Gasteiger partial charge is 0.272 e. The Bertz CT molecular complexity index is 864. The maximum absolute atomic E-state index is 12.7. The summed E-state index contributed by atoms with van der Waals surface area (Å²) < 4.78 is 0. The molecule has 0 spiro atoms. The van der Waals surface area contributed by atoms with Crippen LogP contribution in [0, 0.1) is 0 Å². The first-order valence-electron chi connectivity index (χ1n) is 9.32. The van der Waals surface area contributed by atoms with Gasteiger partial charge >= 0.3 is 0 Å². The lowest BCUT2D eigenvalue weighted by Crippen LogP contribution is -2.56. The zero-order chi connectivity index (χ0) is 20.8. The summed E-state index contributed by atoms with van der Waals surface area (Å²) in [5, 5.41) is 12.1. The average molecular weight is 397 g/mol. The number of carbonyl (C=O) groups excluding carboxylic acids is 3. The molecule has 2 aromatic rings. The van der Waals surface area contributed by atoms with Gasteiger partial charge in [-0.25, -0.2) is 4.98 Å². The van der Waals surface area contributed by atoms with E-state index in [2.05, 4.69) is 20.2 Å². The molecule has 1 aliphatic rings. The molecule has 1 aliphatic heterocycles. The molecule has 152 valence electrons. The summed E-state index contributed by atoms with van der Waals surface area (Å²) in [5.74, 6) is -0.878. The number of Topliss-reactive ketones (excluding diaryl/α,β-unsaturated/α-hetero) is 1. The minimum atomic E-state index is -1.04. The van der Waals surface area contributed by atoms with Crippen molar-refractivity contribution in [3.63, 3.8) is 0 Å². The maximum atomic E-state index is 12.7. The predicted molar refractivity (Wildman–Crippen MR) is 106 cm³/mol. The fraction of sp³-hybridized carbons (Fsp3) is 0.350. The van der Waals surface area contributed by atoms with E-state index in [4.69, 9.17) is 0 Å². The quantitative estimate of drug-likeness (QED) is 0.665. The molecular weight excluding hydrogens is 374 g/mol. The largest absolute Gasteiger partial charge is 0.394 e. The zero-order valence-corrected chi connectivity index (χ0v) is 16.1. The van der Waals surface area contributed by atoms with Gasteiger partial charge in [0.05, 0.1) is 12.8 Å². The Kier molecular flexibility index (Phi) is 6.50. The van der Waals surface area contributed by atoms with Gasteiger partial charge in [-0.15, -0.1) is 0 Å². The van der Waals surface area contributed by atoms with Crippen molar-refractivity contribution in [3.05, 3.63) is 54.1 Å². The molecule has 3 rings (SSSR count). The number of hydrogen-bond donors (Lipinski definition) is 2. The highest BCUT2D eigenvalue weighted by Crippen LogP contribution is 2.18. The number of aliphatic hydroxyl groups is 1. The number of benzene rings is 1. The van der Waals surface area contributed by atoms with Crippen LogP contribution in [-0.2, 0) is 4.79 Å². The van der Waals surface area contributed by atoms with Crippen LogP contribution in [0.15, 0.2) is 42.9 Å². The Morgan fingerprint density at radius 2 is 1.79 bits per heavy atom. The number of ketones is 1. The van der Waals surface area contributed by atoms with E-state index in [0.717, 1.165) is 5.69 Å². The standard InChI is InChI=1S/C20H23N5O4/c1-14(27)15-2-4-16(5-3-15)24-8-10-25(11-9-24)20(29)18(13-26)23-19(28)17-12-21-6-7-22-17/h2-7,12,18,26H,8-11,13H2,1H3,(H,23,28)/t18-/m0/s1. The monoisotopic (exact) mass is 397 g/mol. The van der Waals surface area contributed by atoms with Gasteiger partial charge in [-0.3, -0.25) is 19.4 Å². The summed E-state index contributed by atoms with van der Waals surface area (Å²) in [4.78, 5) is 47.8. The van der Waals surface area contributed by atoms with Crippen LogP contribution in [0.2, 0.25) is 0 Å². The summed E-state index contributed by atoms with van der Waals surface area (Å²) in [6.07, 6.45) is 4.12. The van der Waals surface area contributed by atoms with Crippen LogP contribution in [0.4, 0.5) is 5.69 Å². The molecule has 29 heavy (non-hydrogen) atoms. The summed E-state index contributed by atoms with van der Waals surface area (Å²) in [6.45, 7) is 3.18. The van der Waals surface area contributed by atoms with Gasteiger partial charge in [0.1, 0.15) is 11.7 Å². The second-order valence-electron chi connectivity index (χ2n) is 6.71. The van der Waals surface area contributed by atoms with E-state index in [0.29, 0.717) is 31.7 Å². The molecule has 0 saturated carbocycles. The molecular formula is C20H23N5O4. The maximum Gasteiger partial charge on any atom is 0.272 e. The lowest BCUT2D eigenvalue weighted by atomic mass is 10.1. The predicted octanol–water partition coefficient (Wildman–Crippen LogP) is 0.119. The Hall–Kier alpha value is -3.33. The van der Waals surface area contributed by atoms with E-state index in [1.807, 2.05) is 12.1 Å². The molecule has 0 radical (unpaired) electrons. The molecule has 1 atom stereocenters. The van der Waals surface area contributed by atoms with E-state index in [1.54, 1.807) is 17.0 Å². The fourth-order valence-corrected chi connectivity index (χ4v) is 3.15. The number of aromatic nitrogens is 2. The number of hydrogen-bond acceptors (Lipinski definition) is 7. The molecule has 0 bridgehead atoms. The SMILES string of the molecule is CC(=O)c1ccc(N2CCN(C(=O)[C@H](CO)NC(=O)c3cnccn3)CC2)cc1. The van der Waals surface area contributed by atoms with Gasteiger partial charge in [0.25, 0.3) is 5.91 Å². The first-order valence-corrected chi connectivity index (χ1v) is 9.32. The molecule has 2 amide bonds. The molecule has 1 fully saturated rings. The van der Waals surface area contributed by atoms with Crippen LogP contribution in [0.5, 0.6) is 0 Å². The molecule has 2 N–H and O–H groups in total. The number of amides is 2. The molecule has 1 aromatic heterocycles. The van der Waals surface area contributed by atoms with Crippen LogP contribution in [0.25, 0.3) is 0 Å². The van der Waals surface area contributed by atoms with Crippen molar-refractivity contribution in [2.45, 2.75) is 13.0 Å². The second kappa shape index (κ2) is 9.24. The van der Waals surface area contributed by atoms with Crippen LogP contribution in [-0.4, -0.2) is 76.4 Å². The topological polar surface area (TPSA) is 116 Å². The Labute approximate surface area is 168 Å². The molecule has 2 heterocycles. The summed E-state index contributed by atoms with van der Waals surface area (Å²) >= 11 is 0. The van der Waals surface area contributed by atoms with Crippen molar-refractivity contribution in [1.29, 1.82) is 0 Å². The molecule has 1 saturated heterocycles. The second-order valence-corrected chi connectivity index (χ2v) is 6.71. The average Bonchev–Trinajstić information content (AvgIpc) is 2.77. The van der Waals surface area contributed by atoms with Gasteiger partial charge in [-0.1, -0.05) is 0 Å². The molecule has 1 aromatic carbocycles. The van der Waals surface area contributed by atoms with E-state index < -0.39 is 18.6 Å². The highest BCUT2D eigenvalue weighted by atomic mass is 16.3. The third-order valence-corrected chi connectivity index (χ3v) is 4.81. The van der Waals surface area contributed by atoms with Crippen molar-refractivity contribution >= 4 is 23.3 Å². The Morgan fingerprint density at radius 1 is 1.10 bits per heavy atom. The number of piperazine rings is 1. The molecule has 0 unspecified atom stereocenters. The molecule has 9 nitrogen and oxygen atoms in total. The lowest BCUT2D eigenvalue weighted by molar-refractivity contribution is -0.134. The number of carbonyl (C=O) groups is 3. The highest BCUT2D eigenvalue weighted by molar-refractivity contribution is 5.96. The third kappa shape index (κ3) is 4.94. The van der Waals surface area contributed by atoms with E-state index in [-0.39, 0.29) is 17.4 Å². The van der Waals surface area contributed by atoms with Crippen molar-refractivity contribution < 1.29 is 19.5 Å². The number of aliphatic hydroxyl groups excluding tert-OH is 1. The van der Waals surface area contributed by atoms with Crippen molar-refractivity contribution in [2.24, 2.45) is 0 Å². The number of anilines is 1. The van der Waals surface area contributed by atoms with Gasteiger partial charge in [-0.2, -0.15) is 0 Å². The van der Waals surface area contributed by atoms with Crippen molar-refractivity contribution in [3.8, 4) is 0 Å². The van der Waals surface area contributed by atoms with Gasteiger partial charge in [-0.05, 0) is 31.2 Å². The van der Waals surface area contributed by atoms with E-state index in [1.165, 1.54) is 25.5 Å². The van der Waals surface area contributed by atoms with Crippen LogP contribution in [0.1, 0.15) is 27.8 Å². The minimum Gasteiger partial charge on any atom is -0.394 e. The number of nitrogens with zero attached hydrogens (tertiary/aromatic N) is 4. The number of rotatable bonds is 6. The van der Waals surface area contributed by atoms with Gasteiger partial charge in [0.15, 0.2) is 5.78 Å². The van der Waals surface area contributed by atoms with Gasteiger partial charge < -0.3 is 20.2 Å². The van der Waals surface area contributed by atoms with Gasteiger partial charge in [0, 0.05) is 49.8 Å². The van der Waals surface area contributed by atoms with E-state index >= 15 is 0 Å². The molecule has 0 aliphatic carbocycles. The van der Waals surface area contributed by atoms with Crippen LogP contribution in [0.3, 0.4) is 0 Å². The third-order valence-electron chi connectivity index (χ3n) is 4.81. The zero-order valence-electron chi connectivity index (χ0n) is 16.1. The highest BCUT2D eigenvalue weighted by Gasteiger charge is 2.29. The van der Waals surface area contributed by atoms with Crippen molar-refractivity contribution in [1.82, 2.24) is 20.2 Å². The Morgan fingerprint density at radius 3 is 2.34 bits per heavy atom. The molecule has 9 heteroatoms. The fourth-order valence-electron chi connectivity index (χ4n) is 3.15. The number of nitrogens with one attached hydrogen (secondary N) is 1. The van der Waals surface area contributed by atoms with Crippen LogP contribution < -0.4 is 10.2 Å². The Balaban J connectivity index is 1.56. The summed E-state index contributed by atoms with van der Waals surface area (Å²) in [5.41, 5.74) is 1.72. The summed E-state index contributed by atoms with van der Waals surface area (Å²) in [6, 6.07) is 6.33. The van der Waals surface area contributed by atoms with Crippen molar-refractivity contribution in [2.75, 3.05) is 37.7 Å². The van der Waals surface area contributed by atoms with Gasteiger partial charge in [0.2, 0.25) is 5.91 Å². The van der Waals surface area contributed by atoms with Crippen LogP contribution >= 0.6 is 0 Å². The normalized spacial score (nSPS) is 15.0. The summed E-state index contributed by atoms with van der Waals surface area (Å²) in [7, 11) is 0.